The summed E-state index contributed by atoms with van der Waals surface area (Å²) < 4.78 is 0. The second-order valence-electron chi connectivity index (χ2n) is 4.43. The standard InChI is InChI=1S/C13H17NO/c1-10(2)13(15)14-8-7-11-5-3-4-6-12(11)9-14/h3-6,10H,7-9H2,1-2H3. The van der Waals surface area contributed by atoms with Crippen LogP contribution in [-0.4, -0.2) is 17.4 Å². The molecule has 0 aliphatic carbocycles. The van der Waals surface area contributed by atoms with E-state index in [-0.39, 0.29) is 11.8 Å². The largest absolute Gasteiger partial charge is 0.338 e. The van der Waals surface area contributed by atoms with Gasteiger partial charge in [0.15, 0.2) is 0 Å². The van der Waals surface area contributed by atoms with Crippen molar-refractivity contribution >= 4 is 5.91 Å². The topological polar surface area (TPSA) is 20.3 Å². The van der Waals surface area contributed by atoms with Gasteiger partial charge in [0.05, 0.1) is 0 Å². The minimum Gasteiger partial charge on any atom is -0.338 e. The molecule has 0 atom stereocenters. The number of rotatable bonds is 1. The number of hydrogen-bond acceptors (Lipinski definition) is 1. The number of benzene rings is 1. The van der Waals surface area contributed by atoms with E-state index in [0.29, 0.717) is 0 Å². The van der Waals surface area contributed by atoms with Crippen molar-refractivity contribution in [2.45, 2.75) is 26.8 Å². The van der Waals surface area contributed by atoms with Gasteiger partial charge in [0.1, 0.15) is 0 Å². The molecule has 1 aromatic rings. The van der Waals surface area contributed by atoms with E-state index >= 15 is 0 Å². The molecule has 0 saturated heterocycles. The number of hydrogen-bond donors (Lipinski definition) is 0. The van der Waals surface area contributed by atoms with Gasteiger partial charge in [0, 0.05) is 19.0 Å². The number of amides is 1. The summed E-state index contributed by atoms with van der Waals surface area (Å²) in [7, 11) is 0. The van der Waals surface area contributed by atoms with Gasteiger partial charge in [-0.3, -0.25) is 4.79 Å². The lowest BCUT2D eigenvalue weighted by Crippen LogP contribution is -2.38. The summed E-state index contributed by atoms with van der Waals surface area (Å²) in [5.74, 6) is 0.375. The Kier molecular flexibility index (Phi) is 2.76. The van der Waals surface area contributed by atoms with Gasteiger partial charge in [-0.1, -0.05) is 38.1 Å². The first kappa shape index (κ1) is 10.2. The molecule has 1 amide bonds. The van der Waals surface area contributed by atoms with Crippen molar-refractivity contribution < 1.29 is 4.79 Å². The first-order chi connectivity index (χ1) is 7.18. The van der Waals surface area contributed by atoms with E-state index in [1.807, 2.05) is 24.8 Å². The molecule has 0 unspecified atom stereocenters. The lowest BCUT2D eigenvalue weighted by molar-refractivity contribution is -0.135. The zero-order chi connectivity index (χ0) is 10.8. The van der Waals surface area contributed by atoms with E-state index in [9.17, 15) is 4.79 Å². The van der Waals surface area contributed by atoms with Gasteiger partial charge in [0.25, 0.3) is 0 Å². The fraction of sp³-hybridized carbons (Fsp3) is 0.462. The molecule has 80 valence electrons. The summed E-state index contributed by atoms with van der Waals surface area (Å²) in [4.78, 5) is 13.8. The molecule has 2 nitrogen and oxygen atoms in total. The smallest absolute Gasteiger partial charge is 0.225 e. The second kappa shape index (κ2) is 4.05. The summed E-state index contributed by atoms with van der Waals surface area (Å²) in [6, 6.07) is 8.39. The van der Waals surface area contributed by atoms with E-state index in [2.05, 4.69) is 18.2 Å². The van der Waals surface area contributed by atoms with E-state index in [0.717, 1.165) is 19.5 Å². The van der Waals surface area contributed by atoms with Gasteiger partial charge in [-0.15, -0.1) is 0 Å². The zero-order valence-corrected chi connectivity index (χ0v) is 9.36. The fourth-order valence-corrected chi connectivity index (χ4v) is 2.05. The van der Waals surface area contributed by atoms with Gasteiger partial charge in [-0.25, -0.2) is 0 Å². The quantitative estimate of drug-likeness (QED) is 0.685. The molecule has 0 saturated carbocycles. The van der Waals surface area contributed by atoms with Crippen LogP contribution in [0.2, 0.25) is 0 Å². The lowest BCUT2D eigenvalue weighted by atomic mass is 9.99. The minimum absolute atomic E-state index is 0.107. The van der Waals surface area contributed by atoms with Crippen molar-refractivity contribution in [3.63, 3.8) is 0 Å². The molecule has 1 aliphatic heterocycles. The van der Waals surface area contributed by atoms with Crippen molar-refractivity contribution in [3.05, 3.63) is 35.4 Å². The van der Waals surface area contributed by atoms with Crippen LogP contribution < -0.4 is 0 Å². The number of nitrogens with zero attached hydrogens (tertiary/aromatic N) is 1. The van der Waals surface area contributed by atoms with Crippen molar-refractivity contribution in [1.82, 2.24) is 4.90 Å². The molecule has 2 heteroatoms. The average molecular weight is 203 g/mol. The molecular weight excluding hydrogens is 186 g/mol. The Balaban J connectivity index is 2.15. The van der Waals surface area contributed by atoms with Crippen LogP contribution in [0.25, 0.3) is 0 Å². The lowest BCUT2D eigenvalue weighted by Gasteiger charge is -2.30. The maximum absolute atomic E-state index is 11.8. The first-order valence-electron chi connectivity index (χ1n) is 5.54. The molecule has 1 heterocycles. The minimum atomic E-state index is 0.107. The highest BCUT2D eigenvalue weighted by atomic mass is 16.2. The van der Waals surface area contributed by atoms with Gasteiger partial charge in [-0.05, 0) is 17.5 Å². The molecule has 0 N–H and O–H groups in total. The Labute approximate surface area is 90.9 Å². The first-order valence-corrected chi connectivity index (χ1v) is 5.54. The Bertz CT molecular complexity index is 371. The maximum Gasteiger partial charge on any atom is 0.225 e. The van der Waals surface area contributed by atoms with Crippen molar-refractivity contribution in [3.8, 4) is 0 Å². The molecule has 2 rings (SSSR count). The SMILES string of the molecule is CC(C)C(=O)N1CCc2ccccc2C1. The molecule has 0 fully saturated rings. The van der Waals surface area contributed by atoms with Gasteiger partial charge >= 0.3 is 0 Å². The predicted octanol–water partition coefficient (Wildman–Crippen LogP) is 2.23. The predicted molar refractivity (Wildman–Crippen MR) is 60.4 cm³/mol. The van der Waals surface area contributed by atoms with E-state index < -0.39 is 0 Å². The normalized spacial score (nSPS) is 15.3. The fourth-order valence-electron chi connectivity index (χ4n) is 2.05. The number of carbonyl (C=O) groups is 1. The van der Waals surface area contributed by atoms with Crippen LogP contribution in [0, 0.1) is 5.92 Å². The number of fused-ring (bicyclic) bond motifs is 1. The molecular formula is C13H17NO. The monoisotopic (exact) mass is 203 g/mol. The van der Waals surface area contributed by atoms with Crippen LogP contribution in [-0.2, 0) is 17.8 Å². The third-order valence-corrected chi connectivity index (χ3v) is 2.94. The van der Waals surface area contributed by atoms with Gasteiger partial charge in [0.2, 0.25) is 5.91 Å². The van der Waals surface area contributed by atoms with Crippen molar-refractivity contribution in [1.29, 1.82) is 0 Å². The van der Waals surface area contributed by atoms with E-state index in [1.54, 1.807) is 0 Å². The summed E-state index contributed by atoms with van der Waals surface area (Å²) in [5, 5.41) is 0. The molecule has 0 aromatic heterocycles. The van der Waals surface area contributed by atoms with Crippen molar-refractivity contribution in [2.75, 3.05) is 6.54 Å². The highest BCUT2D eigenvalue weighted by molar-refractivity contribution is 5.78. The Morgan fingerprint density at radius 1 is 1.27 bits per heavy atom. The third kappa shape index (κ3) is 2.04. The molecule has 0 bridgehead atoms. The van der Waals surface area contributed by atoms with Crippen molar-refractivity contribution in [2.24, 2.45) is 5.92 Å². The molecule has 0 spiro atoms. The van der Waals surface area contributed by atoms with Crippen LogP contribution in [0.1, 0.15) is 25.0 Å². The summed E-state index contributed by atoms with van der Waals surface area (Å²) in [6.45, 7) is 5.58. The third-order valence-electron chi connectivity index (χ3n) is 2.94. The Morgan fingerprint density at radius 2 is 1.93 bits per heavy atom. The molecule has 15 heavy (non-hydrogen) atoms. The maximum atomic E-state index is 11.8. The van der Waals surface area contributed by atoms with E-state index in [1.165, 1.54) is 11.1 Å². The number of carbonyl (C=O) groups excluding carboxylic acids is 1. The van der Waals surface area contributed by atoms with Crippen LogP contribution in [0.5, 0.6) is 0 Å². The van der Waals surface area contributed by atoms with Crippen LogP contribution in [0.4, 0.5) is 0 Å². The Morgan fingerprint density at radius 3 is 2.60 bits per heavy atom. The Hall–Kier alpha value is -1.31. The van der Waals surface area contributed by atoms with Crippen LogP contribution in [0.3, 0.4) is 0 Å². The summed E-state index contributed by atoms with van der Waals surface area (Å²) >= 11 is 0. The summed E-state index contributed by atoms with van der Waals surface area (Å²) in [6.07, 6.45) is 0.995. The molecule has 0 radical (unpaired) electrons. The second-order valence-corrected chi connectivity index (χ2v) is 4.43. The highest BCUT2D eigenvalue weighted by Crippen LogP contribution is 2.19. The molecule has 1 aliphatic rings. The molecule has 1 aromatic carbocycles. The van der Waals surface area contributed by atoms with Gasteiger partial charge in [-0.2, -0.15) is 0 Å². The summed E-state index contributed by atoms with van der Waals surface area (Å²) in [5.41, 5.74) is 2.70. The van der Waals surface area contributed by atoms with Crippen LogP contribution in [0.15, 0.2) is 24.3 Å². The van der Waals surface area contributed by atoms with Crippen LogP contribution >= 0.6 is 0 Å². The van der Waals surface area contributed by atoms with Gasteiger partial charge < -0.3 is 4.90 Å². The zero-order valence-electron chi connectivity index (χ0n) is 9.36. The van der Waals surface area contributed by atoms with E-state index in [4.69, 9.17) is 0 Å². The average Bonchev–Trinajstić information content (AvgIpc) is 2.27. The highest BCUT2D eigenvalue weighted by Gasteiger charge is 2.21.